The molecule has 2 rings (SSSR count). The van der Waals surface area contributed by atoms with Crippen molar-refractivity contribution in [3.05, 3.63) is 29.8 Å². The normalized spacial score (nSPS) is 22.2. The van der Waals surface area contributed by atoms with Gasteiger partial charge in [0.2, 0.25) is 5.82 Å². The Bertz CT molecular complexity index is 469. The predicted octanol–water partition coefficient (Wildman–Crippen LogP) is 1.97. The van der Waals surface area contributed by atoms with Gasteiger partial charge >= 0.3 is 6.16 Å². The van der Waals surface area contributed by atoms with Crippen LogP contribution in [0.2, 0.25) is 0 Å². The highest BCUT2D eigenvalue weighted by Crippen LogP contribution is 2.22. The highest BCUT2D eigenvalue weighted by molar-refractivity contribution is 5.57. The summed E-state index contributed by atoms with van der Waals surface area (Å²) in [7, 11) is 0. The molecule has 19 heavy (non-hydrogen) atoms. The third-order valence-electron chi connectivity index (χ3n) is 2.82. The van der Waals surface area contributed by atoms with E-state index in [1.165, 1.54) is 12.1 Å². The number of ether oxygens (including phenoxy) is 2. The summed E-state index contributed by atoms with van der Waals surface area (Å²) in [5.41, 5.74) is 0. The van der Waals surface area contributed by atoms with Gasteiger partial charge in [-0.15, -0.1) is 0 Å². The van der Waals surface area contributed by atoms with Gasteiger partial charge in [-0.3, -0.25) is 5.32 Å². The Balaban J connectivity index is 1.83. The van der Waals surface area contributed by atoms with E-state index in [4.69, 9.17) is 9.84 Å². The predicted molar refractivity (Wildman–Crippen MR) is 60.9 cm³/mol. The number of carboxylic acid groups (broad SMARTS) is 1. The first-order valence-electron chi connectivity index (χ1n) is 5.76. The first-order chi connectivity index (χ1) is 9.06. The average Bonchev–Trinajstić information content (AvgIpc) is 2.78. The molecule has 1 aliphatic heterocycles. The summed E-state index contributed by atoms with van der Waals surface area (Å²) in [6.07, 6.45) is -1.50. The lowest BCUT2D eigenvalue weighted by Gasteiger charge is -2.12. The number of hydrogen-bond acceptors (Lipinski definition) is 4. The van der Waals surface area contributed by atoms with Crippen LogP contribution in [0.25, 0.3) is 0 Å². The largest absolute Gasteiger partial charge is 0.507 e. The summed E-state index contributed by atoms with van der Waals surface area (Å²) in [6.45, 7) is 0.654. The zero-order valence-corrected chi connectivity index (χ0v) is 9.94. The molecule has 0 amide bonds. The molecule has 2 N–H and O–H groups in total. The van der Waals surface area contributed by atoms with E-state index in [1.807, 2.05) is 0 Å². The Morgan fingerprint density at radius 3 is 3.00 bits per heavy atom. The van der Waals surface area contributed by atoms with Crippen molar-refractivity contribution in [2.45, 2.75) is 12.6 Å². The van der Waals surface area contributed by atoms with Crippen LogP contribution < -0.4 is 10.1 Å². The molecule has 1 aromatic rings. The van der Waals surface area contributed by atoms with E-state index < -0.39 is 24.0 Å². The van der Waals surface area contributed by atoms with Crippen molar-refractivity contribution in [3.63, 3.8) is 0 Å². The topological polar surface area (TPSA) is 67.8 Å². The summed E-state index contributed by atoms with van der Waals surface area (Å²) in [5.74, 6) is -2.16. The number of hydrogen-bond donors (Lipinski definition) is 2. The maximum atomic E-state index is 13.3. The molecule has 1 aromatic carbocycles. The number of carbonyl (C=O) groups is 1. The molecule has 0 aromatic heterocycles. The molecule has 0 aliphatic carbocycles. The van der Waals surface area contributed by atoms with Gasteiger partial charge in [-0.05, 0) is 12.1 Å². The van der Waals surface area contributed by atoms with Crippen LogP contribution in [0.3, 0.4) is 0 Å². The fourth-order valence-electron chi connectivity index (χ4n) is 1.91. The van der Waals surface area contributed by atoms with E-state index in [-0.39, 0.29) is 18.3 Å². The van der Waals surface area contributed by atoms with Crippen molar-refractivity contribution in [1.82, 2.24) is 5.32 Å². The summed E-state index contributed by atoms with van der Waals surface area (Å²) in [5, 5.41) is 11.3. The van der Waals surface area contributed by atoms with Crippen LogP contribution in [0.15, 0.2) is 18.2 Å². The third-order valence-corrected chi connectivity index (χ3v) is 2.82. The zero-order chi connectivity index (χ0) is 13.8. The standard InChI is InChI=1S/C12H13F2NO4/c13-8-2-1-3-9(11(8)14)18-6-7-4-10(15-5-7)19-12(16)17/h1-3,7,10,15H,4-6H2,(H,16,17)/t7-,10-/m0/s1. The smallest absolute Gasteiger partial charge is 0.490 e. The molecule has 0 spiro atoms. The fourth-order valence-corrected chi connectivity index (χ4v) is 1.91. The van der Waals surface area contributed by atoms with Crippen molar-refractivity contribution in [2.75, 3.05) is 13.2 Å². The Kier molecular flexibility index (Phi) is 4.16. The Hall–Kier alpha value is -1.89. The third kappa shape index (κ3) is 3.54. The van der Waals surface area contributed by atoms with E-state index in [0.29, 0.717) is 13.0 Å². The second kappa shape index (κ2) is 5.83. The molecule has 104 valence electrons. The molecule has 0 unspecified atom stereocenters. The number of nitrogens with one attached hydrogen (secondary N) is 1. The molecule has 2 atom stereocenters. The minimum Gasteiger partial charge on any atom is -0.490 e. The lowest BCUT2D eigenvalue weighted by Crippen LogP contribution is -2.26. The van der Waals surface area contributed by atoms with Gasteiger partial charge in [0.05, 0.1) is 6.61 Å². The lowest BCUT2D eigenvalue weighted by atomic mass is 10.1. The number of halogens is 2. The summed E-state index contributed by atoms with van der Waals surface area (Å²) >= 11 is 0. The van der Waals surface area contributed by atoms with Crippen molar-refractivity contribution in [1.29, 1.82) is 0 Å². The molecule has 0 bridgehead atoms. The van der Waals surface area contributed by atoms with E-state index in [1.54, 1.807) is 0 Å². The maximum Gasteiger partial charge on any atom is 0.507 e. The molecule has 0 saturated carbocycles. The van der Waals surface area contributed by atoms with E-state index >= 15 is 0 Å². The molecular weight excluding hydrogens is 260 g/mol. The van der Waals surface area contributed by atoms with Gasteiger partial charge in [0.25, 0.3) is 0 Å². The average molecular weight is 273 g/mol. The van der Waals surface area contributed by atoms with Gasteiger partial charge in [0.15, 0.2) is 17.8 Å². The minimum absolute atomic E-state index is 0.0213. The molecule has 1 saturated heterocycles. The molecule has 5 nitrogen and oxygen atoms in total. The summed E-state index contributed by atoms with van der Waals surface area (Å²) < 4.78 is 36.0. The summed E-state index contributed by atoms with van der Waals surface area (Å²) in [6, 6.07) is 3.71. The van der Waals surface area contributed by atoms with Gasteiger partial charge < -0.3 is 14.6 Å². The van der Waals surface area contributed by atoms with Crippen LogP contribution in [0.4, 0.5) is 13.6 Å². The highest BCUT2D eigenvalue weighted by atomic mass is 19.2. The van der Waals surface area contributed by atoms with Crippen LogP contribution in [0.1, 0.15) is 6.42 Å². The van der Waals surface area contributed by atoms with Crippen molar-refractivity contribution in [3.8, 4) is 5.75 Å². The Labute approximate surface area is 108 Å². The van der Waals surface area contributed by atoms with Crippen LogP contribution >= 0.6 is 0 Å². The zero-order valence-electron chi connectivity index (χ0n) is 9.94. The highest BCUT2D eigenvalue weighted by Gasteiger charge is 2.27. The monoisotopic (exact) mass is 273 g/mol. The minimum atomic E-state index is -1.35. The van der Waals surface area contributed by atoms with Crippen LogP contribution in [0.5, 0.6) is 5.75 Å². The molecule has 0 radical (unpaired) electrons. The quantitative estimate of drug-likeness (QED) is 0.821. The van der Waals surface area contributed by atoms with E-state index in [9.17, 15) is 13.6 Å². The SMILES string of the molecule is O=C(O)O[C@H]1C[C@H](COc2cccc(F)c2F)CN1. The van der Waals surface area contributed by atoms with Gasteiger partial charge in [0.1, 0.15) is 0 Å². The van der Waals surface area contributed by atoms with Crippen molar-refractivity contribution in [2.24, 2.45) is 5.92 Å². The van der Waals surface area contributed by atoms with Crippen LogP contribution in [0, 0.1) is 17.6 Å². The van der Waals surface area contributed by atoms with Gasteiger partial charge in [0, 0.05) is 18.9 Å². The molecule has 1 aliphatic rings. The molecule has 1 fully saturated rings. The van der Waals surface area contributed by atoms with Gasteiger partial charge in [-0.25, -0.2) is 9.18 Å². The molecular formula is C12H13F2NO4. The molecule has 7 heteroatoms. The number of rotatable bonds is 4. The fraction of sp³-hybridized carbons (Fsp3) is 0.417. The first kappa shape index (κ1) is 13.5. The second-order valence-corrected chi connectivity index (χ2v) is 4.25. The van der Waals surface area contributed by atoms with E-state index in [2.05, 4.69) is 10.1 Å². The van der Waals surface area contributed by atoms with Crippen LogP contribution in [-0.4, -0.2) is 30.6 Å². The maximum absolute atomic E-state index is 13.3. The Morgan fingerprint density at radius 2 is 2.26 bits per heavy atom. The van der Waals surface area contributed by atoms with E-state index in [0.717, 1.165) is 6.07 Å². The second-order valence-electron chi connectivity index (χ2n) is 4.25. The molecule has 1 heterocycles. The van der Waals surface area contributed by atoms with Crippen LogP contribution in [-0.2, 0) is 4.74 Å². The Morgan fingerprint density at radius 1 is 1.47 bits per heavy atom. The van der Waals surface area contributed by atoms with Gasteiger partial charge in [-0.1, -0.05) is 6.07 Å². The first-order valence-corrected chi connectivity index (χ1v) is 5.76. The number of benzene rings is 1. The lowest BCUT2D eigenvalue weighted by molar-refractivity contribution is 0.0433. The van der Waals surface area contributed by atoms with Crippen molar-refractivity contribution >= 4 is 6.16 Å². The van der Waals surface area contributed by atoms with Gasteiger partial charge in [-0.2, -0.15) is 4.39 Å². The van der Waals surface area contributed by atoms with Crippen molar-refractivity contribution < 1.29 is 28.2 Å². The summed E-state index contributed by atoms with van der Waals surface area (Å²) in [4.78, 5) is 10.3.